The number of thiophene rings is 1. The van der Waals surface area contributed by atoms with Gasteiger partial charge in [0.1, 0.15) is 5.75 Å². The standard InChI is InChI=1S/C15H19NOS/c1-4-12-6-7-13(18-12)9-16-14-8-5-10(2)15(17)11(14)3/h5-8,16-17H,4,9H2,1-3H3. The van der Waals surface area contributed by atoms with E-state index in [0.717, 1.165) is 29.8 Å². The Morgan fingerprint density at radius 3 is 2.50 bits per heavy atom. The molecule has 1 heterocycles. The minimum atomic E-state index is 0.389. The molecular formula is C15H19NOS. The lowest BCUT2D eigenvalue weighted by Crippen LogP contribution is -1.99. The highest BCUT2D eigenvalue weighted by molar-refractivity contribution is 7.12. The molecule has 2 aromatic rings. The number of nitrogens with one attached hydrogen (secondary N) is 1. The number of aromatic hydroxyl groups is 1. The fourth-order valence-corrected chi connectivity index (χ4v) is 2.81. The summed E-state index contributed by atoms with van der Waals surface area (Å²) >= 11 is 1.84. The van der Waals surface area contributed by atoms with E-state index < -0.39 is 0 Å². The van der Waals surface area contributed by atoms with Crippen molar-refractivity contribution in [2.45, 2.75) is 33.7 Å². The van der Waals surface area contributed by atoms with Crippen molar-refractivity contribution >= 4 is 17.0 Å². The Morgan fingerprint density at radius 1 is 1.11 bits per heavy atom. The number of rotatable bonds is 4. The molecular weight excluding hydrogens is 242 g/mol. The van der Waals surface area contributed by atoms with Crippen LogP contribution in [0.3, 0.4) is 0 Å². The van der Waals surface area contributed by atoms with Crippen LogP contribution in [0.2, 0.25) is 0 Å². The maximum Gasteiger partial charge on any atom is 0.123 e. The summed E-state index contributed by atoms with van der Waals surface area (Å²) in [4.78, 5) is 2.74. The molecule has 2 nitrogen and oxygen atoms in total. The monoisotopic (exact) mass is 261 g/mol. The lowest BCUT2D eigenvalue weighted by atomic mass is 10.1. The molecule has 0 saturated heterocycles. The Balaban J connectivity index is 2.08. The molecule has 0 saturated carbocycles. The lowest BCUT2D eigenvalue weighted by Gasteiger charge is -2.11. The Labute approximate surface area is 112 Å². The van der Waals surface area contributed by atoms with Gasteiger partial charge in [0.05, 0.1) is 0 Å². The third kappa shape index (κ3) is 2.67. The van der Waals surface area contributed by atoms with Crippen molar-refractivity contribution in [1.82, 2.24) is 0 Å². The average molecular weight is 261 g/mol. The molecule has 0 aliphatic carbocycles. The molecule has 0 amide bonds. The van der Waals surface area contributed by atoms with Gasteiger partial charge in [0.15, 0.2) is 0 Å². The number of phenols is 1. The fraction of sp³-hybridized carbons (Fsp3) is 0.333. The van der Waals surface area contributed by atoms with Gasteiger partial charge in [-0.1, -0.05) is 13.0 Å². The molecule has 0 unspecified atom stereocenters. The van der Waals surface area contributed by atoms with Crippen LogP contribution in [-0.2, 0) is 13.0 Å². The van der Waals surface area contributed by atoms with Crippen LogP contribution in [0.5, 0.6) is 5.75 Å². The summed E-state index contributed by atoms with van der Waals surface area (Å²) in [5.74, 6) is 0.389. The smallest absolute Gasteiger partial charge is 0.123 e. The van der Waals surface area contributed by atoms with Crippen LogP contribution >= 0.6 is 11.3 Å². The fourth-order valence-electron chi connectivity index (χ4n) is 1.92. The molecule has 96 valence electrons. The number of hydrogen-bond acceptors (Lipinski definition) is 3. The van der Waals surface area contributed by atoms with Gasteiger partial charge in [-0.2, -0.15) is 0 Å². The molecule has 18 heavy (non-hydrogen) atoms. The summed E-state index contributed by atoms with van der Waals surface area (Å²) in [6.07, 6.45) is 1.09. The topological polar surface area (TPSA) is 32.3 Å². The van der Waals surface area contributed by atoms with Gasteiger partial charge in [-0.05, 0) is 44.0 Å². The van der Waals surface area contributed by atoms with Gasteiger partial charge in [-0.15, -0.1) is 11.3 Å². The SMILES string of the molecule is CCc1ccc(CNc2ccc(C)c(O)c2C)s1. The molecule has 0 atom stereocenters. The summed E-state index contributed by atoms with van der Waals surface area (Å²) in [7, 11) is 0. The van der Waals surface area contributed by atoms with E-state index in [0.29, 0.717) is 5.75 Å². The van der Waals surface area contributed by atoms with Crippen LogP contribution in [0.1, 0.15) is 27.8 Å². The summed E-state index contributed by atoms with van der Waals surface area (Å²) < 4.78 is 0. The minimum absolute atomic E-state index is 0.389. The minimum Gasteiger partial charge on any atom is -0.507 e. The molecule has 2 N–H and O–H groups in total. The number of aryl methyl sites for hydroxylation is 2. The second-order valence-electron chi connectivity index (χ2n) is 4.48. The number of benzene rings is 1. The second kappa shape index (κ2) is 5.44. The van der Waals surface area contributed by atoms with E-state index in [1.54, 1.807) is 0 Å². The first-order valence-electron chi connectivity index (χ1n) is 6.22. The van der Waals surface area contributed by atoms with Gasteiger partial charge >= 0.3 is 0 Å². The molecule has 2 rings (SSSR count). The van der Waals surface area contributed by atoms with Crippen molar-refractivity contribution in [3.8, 4) is 5.75 Å². The summed E-state index contributed by atoms with van der Waals surface area (Å²) in [6, 6.07) is 8.32. The molecule has 0 bridgehead atoms. The molecule has 0 aliphatic heterocycles. The molecule has 0 aliphatic rings. The second-order valence-corrected chi connectivity index (χ2v) is 5.73. The first-order chi connectivity index (χ1) is 8.61. The van der Waals surface area contributed by atoms with Gasteiger partial charge < -0.3 is 10.4 Å². The molecule has 0 radical (unpaired) electrons. The quantitative estimate of drug-likeness (QED) is 0.862. The molecule has 1 aromatic carbocycles. The highest BCUT2D eigenvalue weighted by Crippen LogP contribution is 2.28. The third-order valence-corrected chi connectivity index (χ3v) is 4.38. The zero-order valence-electron chi connectivity index (χ0n) is 11.1. The molecule has 1 aromatic heterocycles. The van der Waals surface area contributed by atoms with E-state index in [1.165, 1.54) is 9.75 Å². The van der Waals surface area contributed by atoms with Crippen LogP contribution in [0, 0.1) is 13.8 Å². The van der Waals surface area contributed by atoms with Crippen molar-refractivity contribution in [3.63, 3.8) is 0 Å². The van der Waals surface area contributed by atoms with Crippen molar-refractivity contribution in [2.24, 2.45) is 0 Å². The van der Waals surface area contributed by atoms with Crippen molar-refractivity contribution in [3.05, 3.63) is 45.1 Å². The van der Waals surface area contributed by atoms with Crippen LogP contribution in [0.15, 0.2) is 24.3 Å². The maximum atomic E-state index is 9.89. The third-order valence-electron chi connectivity index (χ3n) is 3.15. The zero-order chi connectivity index (χ0) is 13.1. The highest BCUT2D eigenvalue weighted by Gasteiger charge is 2.06. The predicted octanol–water partition coefficient (Wildman–Crippen LogP) is 4.25. The van der Waals surface area contributed by atoms with Gasteiger partial charge in [-0.3, -0.25) is 0 Å². The van der Waals surface area contributed by atoms with Gasteiger partial charge in [-0.25, -0.2) is 0 Å². The molecule has 0 fully saturated rings. The summed E-state index contributed by atoms with van der Waals surface area (Å²) in [5, 5.41) is 13.3. The largest absolute Gasteiger partial charge is 0.507 e. The first-order valence-corrected chi connectivity index (χ1v) is 7.04. The lowest BCUT2D eigenvalue weighted by molar-refractivity contribution is 0.467. The Kier molecular flexibility index (Phi) is 3.92. The maximum absolute atomic E-state index is 9.89. The first kappa shape index (κ1) is 13.0. The van der Waals surface area contributed by atoms with E-state index in [2.05, 4.69) is 24.4 Å². The summed E-state index contributed by atoms with van der Waals surface area (Å²) in [6.45, 7) is 6.84. The average Bonchev–Trinajstić information content (AvgIpc) is 2.83. The van der Waals surface area contributed by atoms with Crippen molar-refractivity contribution < 1.29 is 5.11 Å². The molecule has 3 heteroatoms. The van der Waals surface area contributed by atoms with Crippen LogP contribution < -0.4 is 5.32 Å². The number of phenolic OH excluding ortho intramolecular Hbond substituents is 1. The van der Waals surface area contributed by atoms with Crippen molar-refractivity contribution in [2.75, 3.05) is 5.32 Å². The van der Waals surface area contributed by atoms with Crippen LogP contribution in [0.4, 0.5) is 5.69 Å². The Hall–Kier alpha value is -1.48. The van der Waals surface area contributed by atoms with E-state index in [9.17, 15) is 5.11 Å². The Bertz CT molecular complexity index is 545. The number of anilines is 1. The van der Waals surface area contributed by atoms with Gasteiger partial charge in [0, 0.05) is 27.5 Å². The molecule has 0 spiro atoms. The van der Waals surface area contributed by atoms with E-state index in [-0.39, 0.29) is 0 Å². The Morgan fingerprint density at radius 2 is 1.83 bits per heavy atom. The van der Waals surface area contributed by atoms with Crippen LogP contribution in [0.25, 0.3) is 0 Å². The normalized spacial score (nSPS) is 10.6. The highest BCUT2D eigenvalue weighted by atomic mass is 32.1. The zero-order valence-corrected chi connectivity index (χ0v) is 11.9. The summed E-state index contributed by atoms with van der Waals surface area (Å²) in [5.41, 5.74) is 2.84. The van der Waals surface area contributed by atoms with Crippen LogP contribution in [-0.4, -0.2) is 5.11 Å². The van der Waals surface area contributed by atoms with E-state index >= 15 is 0 Å². The number of hydrogen-bond donors (Lipinski definition) is 2. The van der Waals surface area contributed by atoms with Gasteiger partial charge in [0.25, 0.3) is 0 Å². The van der Waals surface area contributed by atoms with Crippen molar-refractivity contribution in [1.29, 1.82) is 0 Å². The predicted molar refractivity (Wildman–Crippen MR) is 78.6 cm³/mol. The van der Waals surface area contributed by atoms with E-state index in [1.807, 2.05) is 37.3 Å². The van der Waals surface area contributed by atoms with E-state index in [4.69, 9.17) is 0 Å². The van der Waals surface area contributed by atoms with Gasteiger partial charge in [0.2, 0.25) is 0 Å².